The molecular weight excluding hydrogens is 176 g/mol. The van der Waals surface area contributed by atoms with E-state index in [4.69, 9.17) is 5.73 Å². The minimum atomic E-state index is -0.324. The van der Waals surface area contributed by atoms with Crippen LogP contribution in [0.4, 0.5) is 0 Å². The summed E-state index contributed by atoms with van der Waals surface area (Å²) in [4.78, 5) is 11.6. The van der Waals surface area contributed by atoms with Crippen LogP contribution >= 0.6 is 0 Å². The maximum absolute atomic E-state index is 11.6. The van der Waals surface area contributed by atoms with Crippen molar-refractivity contribution in [3.05, 3.63) is 0 Å². The second kappa shape index (κ2) is 5.35. The molecule has 1 rings (SSSR count). The molecule has 1 aliphatic carbocycles. The normalized spacial score (nSPS) is 20.0. The Morgan fingerprint density at radius 3 is 2.50 bits per heavy atom. The van der Waals surface area contributed by atoms with Crippen molar-refractivity contribution in [2.45, 2.75) is 58.0 Å². The Morgan fingerprint density at radius 1 is 1.43 bits per heavy atom. The van der Waals surface area contributed by atoms with E-state index >= 15 is 0 Å². The summed E-state index contributed by atoms with van der Waals surface area (Å²) in [5.74, 6) is 0.518. The van der Waals surface area contributed by atoms with E-state index < -0.39 is 0 Å². The zero-order valence-electron chi connectivity index (χ0n) is 9.25. The van der Waals surface area contributed by atoms with Gasteiger partial charge >= 0.3 is 0 Å². The standard InChI is InChI=1S/C11H22N2O/c1-8(2)7-10(12)11(14)13-9-5-3-4-6-9/h8-10H,3-7,12H2,1-2H3,(H,13,14)/t10-/m0/s1. The third kappa shape index (κ3) is 3.66. The summed E-state index contributed by atoms with van der Waals surface area (Å²) in [5, 5.41) is 3.02. The van der Waals surface area contributed by atoms with Gasteiger partial charge in [-0.1, -0.05) is 26.7 Å². The molecule has 0 aromatic carbocycles. The van der Waals surface area contributed by atoms with Gasteiger partial charge in [-0.25, -0.2) is 0 Å². The van der Waals surface area contributed by atoms with Gasteiger partial charge in [-0.3, -0.25) is 4.79 Å². The van der Waals surface area contributed by atoms with Crippen LogP contribution in [0.1, 0.15) is 46.0 Å². The first kappa shape index (κ1) is 11.5. The van der Waals surface area contributed by atoms with Crippen molar-refractivity contribution in [2.75, 3.05) is 0 Å². The van der Waals surface area contributed by atoms with Crippen LogP contribution in [0.5, 0.6) is 0 Å². The molecule has 1 fully saturated rings. The zero-order valence-corrected chi connectivity index (χ0v) is 9.25. The second-order valence-corrected chi connectivity index (χ2v) is 4.73. The van der Waals surface area contributed by atoms with Crippen molar-refractivity contribution < 1.29 is 4.79 Å². The van der Waals surface area contributed by atoms with Gasteiger partial charge < -0.3 is 11.1 Å². The molecule has 0 aliphatic heterocycles. The number of hydrogen-bond acceptors (Lipinski definition) is 2. The third-order valence-electron chi connectivity index (χ3n) is 2.76. The van der Waals surface area contributed by atoms with Crippen molar-refractivity contribution in [3.63, 3.8) is 0 Å². The van der Waals surface area contributed by atoms with E-state index in [9.17, 15) is 4.79 Å². The molecule has 0 saturated heterocycles. The fourth-order valence-electron chi connectivity index (χ4n) is 1.99. The molecule has 3 nitrogen and oxygen atoms in total. The van der Waals surface area contributed by atoms with Crippen molar-refractivity contribution in [1.82, 2.24) is 5.32 Å². The number of carbonyl (C=O) groups is 1. The molecule has 3 N–H and O–H groups in total. The van der Waals surface area contributed by atoms with Gasteiger partial charge in [0, 0.05) is 6.04 Å². The quantitative estimate of drug-likeness (QED) is 0.717. The molecule has 1 saturated carbocycles. The monoisotopic (exact) mass is 198 g/mol. The fourth-order valence-corrected chi connectivity index (χ4v) is 1.99. The van der Waals surface area contributed by atoms with Crippen LogP contribution in [0.15, 0.2) is 0 Å². The molecule has 14 heavy (non-hydrogen) atoms. The van der Waals surface area contributed by atoms with Gasteiger partial charge in [0.25, 0.3) is 0 Å². The lowest BCUT2D eigenvalue weighted by Gasteiger charge is -2.17. The molecule has 0 bridgehead atoms. The lowest BCUT2D eigenvalue weighted by molar-refractivity contribution is -0.123. The molecule has 3 heteroatoms. The summed E-state index contributed by atoms with van der Waals surface area (Å²) in [6.07, 6.45) is 5.51. The summed E-state index contributed by atoms with van der Waals surface area (Å²) in [6.45, 7) is 4.17. The first-order valence-corrected chi connectivity index (χ1v) is 5.65. The van der Waals surface area contributed by atoms with E-state index in [2.05, 4.69) is 19.2 Å². The lowest BCUT2D eigenvalue weighted by Crippen LogP contribution is -2.45. The molecule has 0 spiro atoms. The zero-order chi connectivity index (χ0) is 10.6. The minimum Gasteiger partial charge on any atom is -0.352 e. The highest BCUT2D eigenvalue weighted by Gasteiger charge is 2.21. The van der Waals surface area contributed by atoms with E-state index in [1.54, 1.807) is 0 Å². The summed E-state index contributed by atoms with van der Waals surface area (Å²) in [5.41, 5.74) is 5.78. The van der Waals surface area contributed by atoms with Crippen LogP contribution in [-0.4, -0.2) is 18.0 Å². The van der Waals surface area contributed by atoms with Gasteiger partial charge in [-0.05, 0) is 25.2 Å². The number of rotatable bonds is 4. The van der Waals surface area contributed by atoms with Gasteiger partial charge in [0.2, 0.25) is 5.91 Å². The highest BCUT2D eigenvalue weighted by molar-refractivity contribution is 5.81. The summed E-state index contributed by atoms with van der Waals surface area (Å²) >= 11 is 0. The van der Waals surface area contributed by atoms with Gasteiger partial charge in [-0.15, -0.1) is 0 Å². The van der Waals surface area contributed by atoms with E-state index in [-0.39, 0.29) is 11.9 Å². The van der Waals surface area contributed by atoms with Crippen LogP contribution in [-0.2, 0) is 4.79 Å². The van der Waals surface area contributed by atoms with E-state index in [0.717, 1.165) is 19.3 Å². The average Bonchev–Trinajstić information content (AvgIpc) is 2.55. The van der Waals surface area contributed by atoms with Crippen LogP contribution in [0.3, 0.4) is 0 Å². The summed E-state index contributed by atoms with van der Waals surface area (Å²) in [7, 11) is 0. The first-order valence-electron chi connectivity index (χ1n) is 5.65. The minimum absolute atomic E-state index is 0.0330. The summed E-state index contributed by atoms with van der Waals surface area (Å²) in [6, 6.07) is 0.0660. The molecule has 1 aliphatic rings. The topological polar surface area (TPSA) is 55.1 Å². The maximum Gasteiger partial charge on any atom is 0.237 e. The highest BCUT2D eigenvalue weighted by atomic mass is 16.2. The SMILES string of the molecule is CC(C)C[C@H](N)C(=O)NC1CCCC1. The Morgan fingerprint density at radius 2 is 2.00 bits per heavy atom. The van der Waals surface area contributed by atoms with Crippen molar-refractivity contribution in [1.29, 1.82) is 0 Å². The molecular formula is C11H22N2O. The van der Waals surface area contributed by atoms with Crippen molar-refractivity contribution >= 4 is 5.91 Å². The molecule has 0 aromatic rings. The smallest absolute Gasteiger partial charge is 0.237 e. The van der Waals surface area contributed by atoms with Crippen LogP contribution in [0.25, 0.3) is 0 Å². The Balaban J connectivity index is 2.25. The largest absolute Gasteiger partial charge is 0.352 e. The fraction of sp³-hybridized carbons (Fsp3) is 0.909. The Hall–Kier alpha value is -0.570. The lowest BCUT2D eigenvalue weighted by atomic mass is 10.0. The predicted octanol–water partition coefficient (Wildman–Crippen LogP) is 1.42. The van der Waals surface area contributed by atoms with Gasteiger partial charge in [0.1, 0.15) is 0 Å². The highest BCUT2D eigenvalue weighted by Crippen LogP contribution is 2.17. The van der Waals surface area contributed by atoms with E-state index in [0.29, 0.717) is 12.0 Å². The molecule has 0 aromatic heterocycles. The molecule has 1 atom stereocenters. The van der Waals surface area contributed by atoms with Crippen molar-refractivity contribution in [2.24, 2.45) is 11.7 Å². The Bertz CT molecular complexity index is 186. The summed E-state index contributed by atoms with van der Waals surface area (Å²) < 4.78 is 0. The number of carbonyl (C=O) groups excluding carboxylic acids is 1. The molecule has 0 radical (unpaired) electrons. The van der Waals surface area contributed by atoms with Crippen LogP contribution in [0.2, 0.25) is 0 Å². The maximum atomic E-state index is 11.6. The third-order valence-corrected chi connectivity index (χ3v) is 2.76. The van der Waals surface area contributed by atoms with Crippen LogP contribution in [0, 0.1) is 5.92 Å². The number of nitrogens with one attached hydrogen (secondary N) is 1. The van der Waals surface area contributed by atoms with Gasteiger partial charge in [0.15, 0.2) is 0 Å². The van der Waals surface area contributed by atoms with Gasteiger partial charge in [0.05, 0.1) is 6.04 Å². The number of nitrogens with two attached hydrogens (primary N) is 1. The van der Waals surface area contributed by atoms with E-state index in [1.165, 1.54) is 12.8 Å². The van der Waals surface area contributed by atoms with E-state index in [1.807, 2.05) is 0 Å². The Labute approximate surface area is 86.4 Å². The number of hydrogen-bond donors (Lipinski definition) is 2. The van der Waals surface area contributed by atoms with Crippen LogP contribution < -0.4 is 11.1 Å². The molecule has 0 heterocycles. The molecule has 82 valence electrons. The predicted molar refractivity (Wildman–Crippen MR) is 57.8 cm³/mol. The second-order valence-electron chi connectivity index (χ2n) is 4.73. The van der Waals surface area contributed by atoms with Gasteiger partial charge in [-0.2, -0.15) is 0 Å². The average molecular weight is 198 g/mol. The van der Waals surface area contributed by atoms with Crippen molar-refractivity contribution in [3.8, 4) is 0 Å². The molecule has 0 unspecified atom stereocenters. The molecule has 1 amide bonds. The number of amides is 1. The first-order chi connectivity index (χ1) is 6.59. The Kier molecular flexibility index (Phi) is 4.39.